The molecule has 1 aliphatic heterocycles. The van der Waals surface area contributed by atoms with E-state index in [1.807, 2.05) is 43.3 Å². The molecule has 0 saturated carbocycles. The Morgan fingerprint density at radius 2 is 1.85 bits per heavy atom. The number of imidazole rings is 1. The van der Waals surface area contributed by atoms with Gasteiger partial charge in [-0.15, -0.1) is 0 Å². The molecule has 3 heterocycles. The monoisotopic (exact) mass is 553 g/mol. The number of nitrogens with zero attached hydrogens (tertiary/aromatic N) is 6. The molecular weight excluding hydrogens is 522 g/mol. The highest BCUT2D eigenvalue weighted by atomic mass is 16.5. The zero-order chi connectivity index (χ0) is 29.1. The highest BCUT2D eigenvalue weighted by Crippen LogP contribution is 2.27. The second kappa shape index (κ2) is 11.3. The van der Waals surface area contributed by atoms with Gasteiger partial charge < -0.3 is 20.1 Å². The summed E-state index contributed by atoms with van der Waals surface area (Å²) in [4.78, 5) is 37.1. The van der Waals surface area contributed by atoms with Crippen molar-refractivity contribution in [2.75, 3.05) is 18.9 Å². The van der Waals surface area contributed by atoms with Gasteiger partial charge in [-0.1, -0.05) is 18.2 Å². The van der Waals surface area contributed by atoms with Crippen LogP contribution in [0, 0.1) is 11.3 Å². The molecule has 2 aromatic heterocycles. The largest absolute Gasteiger partial charge is 0.457 e. The van der Waals surface area contributed by atoms with Gasteiger partial charge >= 0.3 is 5.69 Å². The first-order chi connectivity index (χ1) is 19.7. The molecule has 2 aromatic carbocycles. The van der Waals surface area contributed by atoms with Gasteiger partial charge in [0.05, 0.1) is 17.3 Å². The van der Waals surface area contributed by atoms with Crippen LogP contribution in [-0.4, -0.2) is 54.7 Å². The van der Waals surface area contributed by atoms with Crippen LogP contribution in [0.3, 0.4) is 0 Å². The van der Waals surface area contributed by atoms with Crippen LogP contribution >= 0.6 is 0 Å². The van der Waals surface area contributed by atoms with E-state index in [9.17, 15) is 14.9 Å². The molecule has 1 fully saturated rings. The van der Waals surface area contributed by atoms with Crippen molar-refractivity contribution in [3.63, 3.8) is 0 Å². The Bertz CT molecular complexity index is 1700. The molecule has 4 aromatic rings. The molecule has 210 valence electrons. The van der Waals surface area contributed by atoms with Crippen molar-refractivity contribution in [1.29, 1.82) is 5.26 Å². The van der Waals surface area contributed by atoms with Crippen molar-refractivity contribution in [3.8, 4) is 23.3 Å². The Morgan fingerprint density at radius 1 is 1.15 bits per heavy atom. The van der Waals surface area contributed by atoms with Crippen LogP contribution in [0.4, 0.5) is 5.82 Å². The van der Waals surface area contributed by atoms with Gasteiger partial charge in [0, 0.05) is 19.7 Å². The predicted octanol–water partition coefficient (Wildman–Crippen LogP) is 3.82. The van der Waals surface area contributed by atoms with Crippen molar-refractivity contribution in [2.24, 2.45) is 0 Å². The summed E-state index contributed by atoms with van der Waals surface area (Å²) in [5, 5.41) is 9.70. The van der Waals surface area contributed by atoms with Crippen molar-refractivity contribution < 1.29 is 14.3 Å². The van der Waals surface area contributed by atoms with Gasteiger partial charge in [-0.05, 0) is 69.7 Å². The van der Waals surface area contributed by atoms with E-state index in [4.69, 9.17) is 15.2 Å². The van der Waals surface area contributed by atoms with Gasteiger partial charge in [0.2, 0.25) is 0 Å². The number of anilines is 1. The van der Waals surface area contributed by atoms with E-state index < -0.39 is 11.5 Å². The summed E-state index contributed by atoms with van der Waals surface area (Å²) in [6.07, 6.45) is 3.53. The minimum Gasteiger partial charge on any atom is -0.457 e. The first-order valence-corrected chi connectivity index (χ1v) is 13.4. The lowest BCUT2D eigenvalue weighted by molar-refractivity contribution is -0.134. The molecule has 1 aliphatic rings. The van der Waals surface area contributed by atoms with E-state index in [-0.39, 0.29) is 29.7 Å². The fraction of sp³-hybridized carbons (Fsp3) is 0.300. The van der Waals surface area contributed by atoms with E-state index in [2.05, 4.69) is 9.97 Å². The van der Waals surface area contributed by atoms with E-state index in [0.29, 0.717) is 47.9 Å². The van der Waals surface area contributed by atoms with E-state index in [0.717, 1.165) is 0 Å². The van der Waals surface area contributed by atoms with Gasteiger partial charge in [-0.3, -0.25) is 13.9 Å². The van der Waals surface area contributed by atoms with Gasteiger partial charge in [0.1, 0.15) is 35.0 Å². The maximum Gasteiger partial charge on any atom is 0.335 e. The second-order valence-corrected chi connectivity index (χ2v) is 10.2. The number of carbonyl (C=O) groups excluding carboxylic acids is 1. The first kappa shape index (κ1) is 27.6. The third-order valence-electron chi connectivity index (χ3n) is 6.96. The number of fused-ring (bicyclic) bond motifs is 1. The molecule has 41 heavy (non-hydrogen) atoms. The molecule has 5 rings (SSSR count). The van der Waals surface area contributed by atoms with Crippen LogP contribution in [0.15, 0.2) is 77.4 Å². The smallest absolute Gasteiger partial charge is 0.335 e. The van der Waals surface area contributed by atoms with Crippen LogP contribution in [-0.2, 0) is 16.1 Å². The summed E-state index contributed by atoms with van der Waals surface area (Å²) in [6, 6.07) is 18.2. The highest BCUT2D eigenvalue weighted by molar-refractivity contribution is 5.98. The number of carbonyl (C=O) groups is 1. The number of hydrogen-bond donors (Lipinski definition) is 1. The molecule has 1 saturated heterocycles. The van der Waals surface area contributed by atoms with Gasteiger partial charge in [-0.25, -0.2) is 14.8 Å². The zero-order valence-corrected chi connectivity index (χ0v) is 23.2. The lowest BCUT2D eigenvalue weighted by atomic mass is 9.99. The number of ether oxygens (including phenoxy) is 2. The molecule has 0 spiro atoms. The molecule has 0 bridgehead atoms. The molecule has 0 radical (unpaired) electrons. The van der Waals surface area contributed by atoms with Crippen LogP contribution in [0.25, 0.3) is 16.9 Å². The summed E-state index contributed by atoms with van der Waals surface area (Å²) in [6.45, 7) is 6.56. The normalized spacial score (nSPS) is 15.4. The number of nitriles is 1. The number of nitrogen functional groups attached to an aromatic ring is 1. The van der Waals surface area contributed by atoms with Crippen LogP contribution in [0.1, 0.15) is 27.2 Å². The summed E-state index contributed by atoms with van der Waals surface area (Å²) in [5.41, 5.74) is 6.41. The molecule has 2 N–H and O–H groups in total. The number of nitrogens with two attached hydrogens (primary N) is 1. The zero-order valence-electron chi connectivity index (χ0n) is 23.2. The number of rotatable bonds is 9. The van der Waals surface area contributed by atoms with Crippen molar-refractivity contribution in [3.05, 3.63) is 83.1 Å². The topological polar surface area (TPSA) is 141 Å². The molecule has 0 aliphatic carbocycles. The van der Waals surface area contributed by atoms with E-state index >= 15 is 0 Å². The fourth-order valence-electron chi connectivity index (χ4n) is 4.96. The second-order valence-electron chi connectivity index (χ2n) is 10.2. The third-order valence-corrected chi connectivity index (χ3v) is 6.96. The molecular formula is C30H31N7O4. The number of likely N-dealkylation sites (tertiary alicyclic amines) is 1. The standard InChI is InChI=1S/C30H31N7O4/c1-4-40-30(2,3)16-20(17-31)28(38)35-15-14-22(35)18-36-27-25(26(32)33-19-34-27)37(29(36)39)21-10-12-24(13-11-21)41-23-8-6-5-7-9-23/h5-13,16,19,22H,4,14-15,18H2,1-3H3,(H2,32,33,34). The summed E-state index contributed by atoms with van der Waals surface area (Å²) in [7, 11) is 0. The van der Waals surface area contributed by atoms with Crippen LogP contribution in [0.2, 0.25) is 0 Å². The average molecular weight is 554 g/mol. The Kier molecular flexibility index (Phi) is 7.59. The maximum atomic E-state index is 13.8. The molecule has 1 unspecified atom stereocenters. The molecule has 1 amide bonds. The Labute approximate surface area is 237 Å². The Hall–Kier alpha value is -4.95. The number of hydrogen-bond acceptors (Lipinski definition) is 8. The first-order valence-electron chi connectivity index (χ1n) is 13.4. The maximum absolute atomic E-state index is 13.8. The summed E-state index contributed by atoms with van der Waals surface area (Å²) >= 11 is 0. The van der Waals surface area contributed by atoms with Crippen molar-refractivity contribution in [1.82, 2.24) is 24.0 Å². The number of aromatic nitrogens is 4. The average Bonchev–Trinajstić information content (AvgIpc) is 3.22. The summed E-state index contributed by atoms with van der Waals surface area (Å²) < 4.78 is 14.5. The van der Waals surface area contributed by atoms with Gasteiger partial charge in [0.25, 0.3) is 5.91 Å². The SMILES string of the molecule is CCOC(C)(C)C=C(C#N)C(=O)N1CCC1Cn1c(=O)n(-c2ccc(Oc3ccccc3)cc2)c2c(N)ncnc21. The van der Waals surface area contributed by atoms with Crippen LogP contribution in [0.5, 0.6) is 11.5 Å². The van der Waals surface area contributed by atoms with Crippen LogP contribution < -0.4 is 16.2 Å². The minimum atomic E-state index is -0.768. The van der Waals surface area contributed by atoms with Crippen molar-refractivity contribution in [2.45, 2.75) is 45.4 Å². The highest BCUT2D eigenvalue weighted by Gasteiger charge is 2.36. The third kappa shape index (κ3) is 5.55. The minimum absolute atomic E-state index is 0.00676. The van der Waals surface area contributed by atoms with E-state index in [1.54, 1.807) is 49.1 Å². The lowest BCUT2D eigenvalue weighted by Gasteiger charge is -2.41. The predicted molar refractivity (Wildman–Crippen MR) is 154 cm³/mol. The van der Waals surface area contributed by atoms with E-state index in [1.165, 1.54) is 15.5 Å². The quantitative estimate of drug-likeness (QED) is 0.244. The Balaban J connectivity index is 1.44. The van der Waals surface area contributed by atoms with Gasteiger partial charge in [0.15, 0.2) is 11.5 Å². The number of para-hydroxylation sites is 1. The molecule has 11 nitrogen and oxygen atoms in total. The summed E-state index contributed by atoms with van der Waals surface area (Å²) in [5.74, 6) is 1.07. The van der Waals surface area contributed by atoms with Gasteiger partial charge in [-0.2, -0.15) is 5.26 Å². The number of benzene rings is 2. The van der Waals surface area contributed by atoms with Crippen molar-refractivity contribution >= 4 is 22.9 Å². The molecule has 11 heteroatoms. The fourth-order valence-corrected chi connectivity index (χ4v) is 4.96. The molecule has 1 atom stereocenters. The Morgan fingerprint density at radius 3 is 2.49 bits per heavy atom. The lowest BCUT2D eigenvalue weighted by Crippen LogP contribution is -2.54. The number of amides is 1.